The molecule has 1 aliphatic carbocycles. The van der Waals surface area contributed by atoms with Crippen molar-refractivity contribution in [2.45, 2.75) is 69.6 Å². The minimum Gasteiger partial charge on any atom is -0.462 e. The highest BCUT2D eigenvalue weighted by atomic mass is 32.2. The second-order valence-corrected chi connectivity index (χ2v) is 11.0. The molecule has 0 bridgehead atoms. The van der Waals surface area contributed by atoms with Crippen molar-refractivity contribution in [1.82, 2.24) is 5.27 Å². The van der Waals surface area contributed by atoms with E-state index in [-0.39, 0.29) is 17.5 Å². The Kier molecular flexibility index (Phi) is 8.12. The molecule has 0 spiro atoms. The predicted octanol–water partition coefficient (Wildman–Crippen LogP) is 4.57. The molecule has 186 valence electrons. The zero-order valence-corrected chi connectivity index (χ0v) is 21.8. The van der Waals surface area contributed by atoms with Gasteiger partial charge in [0.2, 0.25) is 11.6 Å². The Bertz CT molecular complexity index is 1260. The molecule has 35 heavy (non-hydrogen) atoms. The molecule has 0 saturated carbocycles. The van der Waals surface area contributed by atoms with Crippen LogP contribution in [0.15, 0.2) is 38.6 Å². The lowest BCUT2D eigenvalue weighted by Crippen LogP contribution is -2.37. The van der Waals surface area contributed by atoms with E-state index in [9.17, 15) is 14.4 Å². The third kappa shape index (κ3) is 5.70. The number of ether oxygens (including phenoxy) is 1. The molecule has 1 aliphatic rings. The smallest absolute Gasteiger partial charge is 0.442 e. The van der Waals surface area contributed by atoms with Crippen LogP contribution in [0.3, 0.4) is 0 Å². The van der Waals surface area contributed by atoms with Crippen LogP contribution < -0.4 is 15.6 Å². The first-order valence-electron chi connectivity index (χ1n) is 11.9. The predicted molar refractivity (Wildman–Crippen MR) is 136 cm³/mol. The number of fused-ring (bicyclic) bond motifs is 1. The maximum Gasteiger partial charge on any atom is 0.442 e. The topological polar surface area (TPSA) is 105 Å². The van der Waals surface area contributed by atoms with Gasteiger partial charge in [-0.3, -0.25) is 9.32 Å². The zero-order valence-electron chi connectivity index (χ0n) is 20.1. The normalized spacial score (nSPS) is 14.5. The Morgan fingerprint density at radius 1 is 1.20 bits per heavy atom. The summed E-state index contributed by atoms with van der Waals surface area (Å²) in [5.74, 6) is -0.699. The molecular weight excluding hydrogens is 486 g/mol. The van der Waals surface area contributed by atoms with Gasteiger partial charge in [0.05, 0.1) is 17.4 Å². The summed E-state index contributed by atoms with van der Waals surface area (Å²) in [5.41, 5.74) is 2.74. The summed E-state index contributed by atoms with van der Waals surface area (Å²) < 4.78 is 11.9. The van der Waals surface area contributed by atoms with Crippen molar-refractivity contribution < 1.29 is 23.5 Å². The monoisotopic (exact) mass is 516 g/mol. The van der Waals surface area contributed by atoms with Crippen molar-refractivity contribution >= 4 is 40.0 Å². The van der Waals surface area contributed by atoms with E-state index in [2.05, 4.69) is 10.6 Å². The number of hydrogen-bond donors (Lipinski definition) is 2. The fraction of sp³-hybridized carbons (Fsp3) is 0.440. The van der Waals surface area contributed by atoms with E-state index in [1.54, 1.807) is 13.8 Å². The van der Waals surface area contributed by atoms with Gasteiger partial charge in [0.15, 0.2) is 0 Å². The zero-order chi connectivity index (χ0) is 24.9. The van der Waals surface area contributed by atoms with Crippen molar-refractivity contribution in [3.05, 3.63) is 56.3 Å². The molecule has 0 saturated heterocycles. The molecule has 2 heterocycles. The second kappa shape index (κ2) is 11.3. The summed E-state index contributed by atoms with van der Waals surface area (Å²) in [6.45, 7) is 5.74. The van der Waals surface area contributed by atoms with Gasteiger partial charge < -0.3 is 10.1 Å². The highest BCUT2D eigenvalue weighted by Gasteiger charge is 2.31. The lowest BCUT2D eigenvalue weighted by molar-refractivity contribution is -0.704. The van der Waals surface area contributed by atoms with Crippen LogP contribution in [0.5, 0.6) is 0 Å². The molecule has 1 aromatic carbocycles. The summed E-state index contributed by atoms with van der Waals surface area (Å²) in [6.07, 6.45) is 6.08. The van der Waals surface area contributed by atoms with Crippen LogP contribution >= 0.6 is 23.1 Å². The van der Waals surface area contributed by atoms with Gasteiger partial charge in [-0.1, -0.05) is 30.5 Å². The summed E-state index contributed by atoms with van der Waals surface area (Å²) in [4.78, 5) is 39.6. The average molecular weight is 517 g/mol. The first-order chi connectivity index (χ1) is 16.9. The van der Waals surface area contributed by atoms with E-state index in [1.807, 2.05) is 31.2 Å². The van der Waals surface area contributed by atoms with Crippen molar-refractivity contribution in [1.29, 1.82) is 0 Å². The Morgan fingerprint density at radius 2 is 1.91 bits per heavy atom. The SMILES string of the molecule is CCOC(=O)c1c(NC(=O)C(C)Sc2c(=O)o[nH][n+]2-c2ccc(C)cc2)sc2c1CCCCCC2. The number of nitrogens with one attached hydrogen (secondary N) is 2. The molecule has 10 heteroatoms. The number of rotatable bonds is 7. The molecule has 2 aromatic heterocycles. The van der Waals surface area contributed by atoms with Crippen LogP contribution in [0, 0.1) is 6.92 Å². The van der Waals surface area contributed by atoms with Crippen LogP contribution in [-0.4, -0.2) is 29.0 Å². The number of thioether (sulfide) groups is 1. The summed E-state index contributed by atoms with van der Waals surface area (Å²) in [7, 11) is 0. The van der Waals surface area contributed by atoms with Gasteiger partial charge in [0.1, 0.15) is 5.00 Å². The minimum absolute atomic E-state index is 0.264. The van der Waals surface area contributed by atoms with E-state index < -0.39 is 16.8 Å². The van der Waals surface area contributed by atoms with Gasteiger partial charge in [0.25, 0.3) is 0 Å². The Labute approximate surface area is 212 Å². The van der Waals surface area contributed by atoms with Gasteiger partial charge in [-0.05, 0) is 73.7 Å². The number of esters is 1. The molecular formula is C25H30N3O5S2+. The highest BCUT2D eigenvalue weighted by molar-refractivity contribution is 8.00. The number of nitrogens with zero attached hydrogens (tertiary/aromatic N) is 1. The number of amides is 1. The Hall–Kier alpha value is -2.85. The minimum atomic E-state index is -0.620. The van der Waals surface area contributed by atoms with E-state index in [1.165, 1.54) is 22.4 Å². The quantitative estimate of drug-likeness (QED) is 0.271. The lowest BCUT2D eigenvalue weighted by atomic mass is 9.96. The van der Waals surface area contributed by atoms with Crippen LogP contribution in [0.25, 0.3) is 5.69 Å². The Balaban J connectivity index is 1.57. The van der Waals surface area contributed by atoms with Crippen molar-refractivity contribution in [3.8, 4) is 5.69 Å². The average Bonchev–Trinajstić information content (AvgIpc) is 3.34. The molecule has 0 aliphatic heterocycles. The molecule has 1 atom stereocenters. The molecule has 0 radical (unpaired) electrons. The number of thiophene rings is 1. The fourth-order valence-electron chi connectivity index (χ4n) is 4.09. The van der Waals surface area contributed by atoms with E-state index in [0.717, 1.165) is 65.6 Å². The maximum absolute atomic E-state index is 13.2. The molecule has 1 unspecified atom stereocenters. The summed E-state index contributed by atoms with van der Waals surface area (Å²) in [5, 5.41) is 5.73. The maximum atomic E-state index is 13.2. The fourth-order valence-corrected chi connectivity index (χ4v) is 6.26. The van der Waals surface area contributed by atoms with Crippen molar-refractivity contribution in [2.24, 2.45) is 0 Å². The number of carbonyl (C=O) groups excluding carboxylic acids is 2. The van der Waals surface area contributed by atoms with Gasteiger partial charge in [-0.25, -0.2) is 9.59 Å². The van der Waals surface area contributed by atoms with E-state index in [0.29, 0.717) is 10.6 Å². The first kappa shape index (κ1) is 25.2. The van der Waals surface area contributed by atoms with E-state index >= 15 is 0 Å². The number of hydrogen-bond acceptors (Lipinski definition) is 7. The number of carbonyl (C=O) groups is 2. The number of aryl methyl sites for hydroxylation is 2. The van der Waals surface area contributed by atoms with Crippen LogP contribution in [0.4, 0.5) is 5.00 Å². The molecule has 3 aromatic rings. The number of aromatic nitrogens is 2. The molecule has 2 N–H and O–H groups in total. The third-order valence-corrected chi connectivity index (χ3v) is 8.29. The summed E-state index contributed by atoms with van der Waals surface area (Å²) in [6, 6.07) is 7.58. The van der Waals surface area contributed by atoms with Gasteiger partial charge in [-0.2, -0.15) is 0 Å². The van der Waals surface area contributed by atoms with Crippen LogP contribution in [-0.2, 0) is 22.4 Å². The number of anilines is 1. The second-order valence-electron chi connectivity index (χ2n) is 8.55. The van der Waals surface area contributed by atoms with Crippen LogP contribution in [0.2, 0.25) is 0 Å². The lowest BCUT2D eigenvalue weighted by Gasteiger charge is -2.12. The highest BCUT2D eigenvalue weighted by Crippen LogP contribution is 2.38. The van der Waals surface area contributed by atoms with Gasteiger partial charge in [0, 0.05) is 17.0 Å². The molecule has 1 amide bonds. The first-order valence-corrected chi connectivity index (χ1v) is 13.6. The van der Waals surface area contributed by atoms with Crippen molar-refractivity contribution in [2.75, 3.05) is 11.9 Å². The Morgan fingerprint density at radius 3 is 2.63 bits per heavy atom. The molecule has 4 rings (SSSR count). The van der Waals surface area contributed by atoms with Crippen molar-refractivity contribution in [3.63, 3.8) is 0 Å². The summed E-state index contributed by atoms with van der Waals surface area (Å²) >= 11 is 2.56. The van der Waals surface area contributed by atoms with Gasteiger partial charge in [-0.15, -0.1) is 11.3 Å². The third-order valence-electron chi connectivity index (χ3n) is 5.94. The standard InChI is InChI=1S/C25H29N3O5S2/c1-4-32-24(30)20-18-9-7-5-6-8-10-19(18)35-22(20)26-21(29)16(3)34-23-25(31)33-27-28(23)17-13-11-15(2)12-14-17/h11-14,16H,4-10H2,1-3H3,(H-,26,27,29,30,31)/p+1. The molecule has 0 fully saturated rings. The number of aromatic amines is 1. The van der Waals surface area contributed by atoms with Crippen LogP contribution in [0.1, 0.15) is 65.9 Å². The number of benzene rings is 1. The largest absolute Gasteiger partial charge is 0.462 e. The van der Waals surface area contributed by atoms with Gasteiger partial charge >= 0.3 is 16.6 Å². The number of H-pyrrole nitrogens is 1. The molecule has 8 nitrogen and oxygen atoms in total. The van der Waals surface area contributed by atoms with E-state index in [4.69, 9.17) is 9.26 Å².